The molecule has 15 nitrogen and oxygen atoms in total. The number of benzene rings is 1. The molecule has 0 radical (unpaired) electrons. The van der Waals surface area contributed by atoms with E-state index in [0.29, 0.717) is 50.6 Å². The van der Waals surface area contributed by atoms with Gasteiger partial charge in [0.05, 0.1) is 52.4 Å². The Kier molecular flexibility index (Phi) is 10.9. The SMILES string of the molecule is CC(=O)NC1C(OCCOCCOCCn2cc(-c3ccc(C(=O)N4CCC4=O)cc3)nn2)OC(CO)C(O)C1O. The number of β-lactam (4-membered cyclic amide) rings is 1. The van der Waals surface area contributed by atoms with E-state index in [1.807, 2.05) is 0 Å². The van der Waals surface area contributed by atoms with Crippen LogP contribution in [-0.4, -0.2) is 130 Å². The second kappa shape index (κ2) is 14.5. The fourth-order valence-corrected chi connectivity index (χ4v) is 4.33. The molecule has 5 unspecified atom stereocenters. The zero-order valence-electron chi connectivity index (χ0n) is 22.6. The van der Waals surface area contributed by atoms with E-state index in [0.717, 1.165) is 5.56 Å². The Morgan fingerprint density at radius 2 is 1.78 bits per heavy atom. The fourth-order valence-electron chi connectivity index (χ4n) is 4.33. The number of amides is 3. The van der Waals surface area contributed by atoms with Gasteiger partial charge in [-0.3, -0.25) is 19.3 Å². The number of nitrogens with zero attached hydrogens (tertiary/aromatic N) is 4. The van der Waals surface area contributed by atoms with Gasteiger partial charge in [-0.1, -0.05) is 17.3 Å². The summed E-state index contributed by atoms with van der Waals surface area (Å²) >= 11 is 0. The molecule has 1 aromatic heterocycles. The summed E-state index contributed by atoms with van der Waals surface area (Å²) in [5.41, 5.74) is 1.88. The van der Waals surface area contributed by atoms with E-state index in [2.05, 4.69) is 15.6 Å². The van der Waals surface area contributed by atoms with Gasteiger partial charge in [0.15, 0.2) is 6.29 Å². The summed E-state index contributed by atoms with van der Waals surface area (Å²) in [5, 5.41) is 40.4. The van der Waals surface area contributed by atoms with Crippen LogP contribution in [0.5, 0.6) is 0 Å². The van der Waals surface area contributed by atoms with Crippen molar-refractivity contribution in [2.45, 2.75) is 50.5 Å². The predicted molar refractivity (Wildman–Crippen MR) is 139 cm³/mol. The molecular formula is C26H35N5O10. The first kappa shape index (κ1) is 30.6. The summed E-state index contributed by atoms with van der Waals surface area (Å²) in [4.78, 5) is 36.5. The zero-order chi connectivity index (χ0) is 29.4. The molecule has 41 heavy (non-hydrogen) atoms. The number of rotatable bonds is 14. The van der Waals surface area contributed by atoms with Crippen molar-refractivity contribution in [1.82, 2.24) is 25.2 Å². The molecule has 1 aromatic carbocycles. The van der Waals surface area contributed by atoms with Crippen molar-refractivity contribution in [3.8, 4) is 11.3 Å². The van der Waals surface area contributed by atoms with Gasteiger partial charge in [-0.25, -0.2) is 4.68 Å². The van der Waals surface area contributed by atoms with E-state index in [1.165, 1.54) is 11.8 Å². The average molecular weight is 578 g/mol. The number of aliphatic hydroxyl groups is 3. The lowest BCUT2D eigenvalue weighted by Crippen LogP contribution is -2.64. The zero-order valence-corrected chi connectivity index (χ0v) is 22.6. The van der Waals surface area contributed by atoms with Crippen LogP contribution in [0.25, 0.3) is 11.3 Å². The highest BCUT2D eigenvalue weighted by atomic mass is 16.7. The first-order valence-electron chi connectivity index (χ1n) is 13.3. The van der Waals surface area contributed by atoms with Gasteiger partial charge < -0.3 is 39.6 Å². The van der Waals surface area contributed by atoms with Crippen molar-refractivity contribution in [2.75, 3.05) is 46.2 Å². The van der Waals surface area contributed by atoms with E-state index in [1.54, 1.807) is 35.1 Å². The van der Waals surface area contributed by atoms with Crippen molar-refractivity contribution in [2.24, 2.45) is 0 Å². The first-order valence-corrected chi connectivity index (χ1v) is 13.3. The monoisotopic (exact) mass is 577 g/mol. The molecule has 0 spiro atoms. The molecule has 3 amide bonds. The lowest BCUT2D eigenvalue weighted by atomic mass is 9.97. The number of carbonyl (C=O) groups excluding carboxylic acids is 3. The second-order valence-electron chi connectivity index (χ2n) is 9.57. The van der Waals surface area contributed by atoms with Gasteiger partial charge in [0.25, 0.3) is 5.91 Å². The maximum Gasteiger partial charge on any atom is 0.260 e. The van der Waals surface area contributed by atoms with Crippen molar-refractivity contribution in [3.05, 3.63) is 36.0 Å². The normalized spacial score (nSPS) is 24.2. The molecule has 4 N–H and O–H groups in total. The Morgan fingerprint density at radius 1 is 1.07 bits per heavy atom. The summed E-state index contributed by atoms with van der Waals surface area (Å²) in [6, 6.07) is 5.86. The van der Waals surface area contributed by atoms with Crippen LogP contribution in [0.2, 0.25) is 0 Å². The van der Waals surface area contributed by atoms with Gasteiger partial charge in [-0.2, -0.15) is 0 Å². The number of aromatic nitrogens is 3. The summed E-state index contributed by atoms with van der Waals surface area (Å²) in [6.45, 7) is 2.92. The van der Waals surface area contributed by atoms with Gasteiger partial charge in [0.2, 0.25) is 11.8 Å². The second-order valence-corrected chi connectivity index (χ2v) is 9.57. The Labute approximate surface area is 235 Å². The number of likely N-dealkylation sites (tertiary alicyclic amines) is 1. The van der Waals surface area contributed by atoms with Crippen LogP contribution in [-0.2, 0) is 35.1 Å². The fraction of sp³-hybridized carbons (Fsp3) is 0.577. The molecule has 2 aromatic rings. The molecule has 2 aliphatic heterocycles. The molecule has 4 rings (SSSR count). The van der Waals surface area contributed by atoms with Gasteiger partial charge in [-0.05, 0) is 12.1 Å². The van der Waals surface area contributed by atoms with Crippen molar-refractivity contribution < 1.29 is 48.7 Å². The maximum absolute atomic E-state index is 12.3. The van der Waals surface area contributed by atoms with Crippen LogP contribution in [0.4, 0.5) is 0 Å². The highest BCUT2D eigenvalue weighted by Crippen LogP contribution is 2.22. The summed E-state index contributed by atoms with van der Waals surface area (Å²) in [6.07, 6.45) is -2.69. The van der Waals surface area contributed by atoms with Gasteiger partial charge >= 0.3 is 0 Å². The molecule has 2 saturated heterocycles. The van der Waals surface area contributed by atoms with E-state index in [4.69, 9.17) is 18.9 Å². The highest BCUT2D eigenvalue weighted by Gasteiger charge is 2.45. The Hall–Kier alpha value is -3.31. The van der Waals surface area contributed by atoms with Crippen LogP contribution >= 0.6 is 0 Å². The minimum atomic E-state index is -1.37. The number of carbonyl (C=O) groups is 3. The summed E-state index contributed by atoms with van der Waals surface area (Å²) < 4.78 is 23.7. The summed E-state index contributed by atoms with van der Waals surface area (Å²) in [5.74, 6) is -0.884. The van der Waals surface area contributed by atoms with Crippen molar-refractivity contribution in [3.63, 3.8) is 0 Å². The van der Waals surface area contributed by atoms with Crippen LogP contribution in [0.1, 0.15) is 23.7 Å². The third-order valence-electron chi connectivity index (χ3n) is 6.66. The summed E-state index contributed by atoms with van der Waals surface area (Å²) in [7, 11) is 0. The lowest BCUT2D eigenvalue weighted by Gasteiger charge is -2.42. The minimum Gasteiger partial charge on any atom is -0.394 e. The molecule has 3 heterocycles. The van der Waals surface area contributed by atoms with E-state index >= 15 is 0 Å². The average Bonchev–Trinajstić information content (AvgIpc) is 3.43. The highest BCUT2D eigenvalue weighted by molar-refractivity contribution is 6.07. The van der Waals surface area contributed by atoms with E-state index in [9.17, 15) is 29.7 Å². The minimum absolute atomic E-state index is 0.0783. The quantitative estimate of drug-likeness (QED) is 0.113. The Balaban J connectivity index is 1.10. The third-order valence-corrected chi connectivity index (χ3v) is 6.66. The molecule has 0 aliphatic carbocycles. The van der Waals surface area contributed by atoms with Crippen LogP contribution in [0.15, 0.2) is 30.5 Å². The van der Waals surface area contributed by atoms with E-state index < -0.39 is 43.2 Å². The first-order chi connectivity index (χ1) is 19.8. The van der Waals surface area contributed by atoms with Crippen LogP contribution < -0.4 is 5.32 Å². The lowest BCUT2D eigenvalue weighted by molar-refractivity contribution is -0.272. The molecule has 224 valence electrons. The van der Waals surface area contributed by atoms with Crippen molar-refractivity contribution in [1.29, 1.82) is 0 Å². The Morgan fingerprint density at radius 3 is 2.41 bits per heavy atom. The molecule has 0 saturated carbocycles. The van der Waals surface area contributed by atoms with Crippen molar-refractivity contribution >= 4 is 17.7 Å². The number of hydrogen-bond donors (Lipinski definition) is 4. The predicted octanol–water partition coefficient (Wildman–Crippen LogP) is -1.69. The number of imide groups is 1. The third kappa shape index (κ3) is 7.91. The van der Waals surface area contributed by atoms with Gasteiger partial charge in [0, 0.05) is 31.0 Å². The number of ether oxygens (including phenoxy) is 4. The molecule has 2 aliphatic rings. The van der Waals surface area contributed by atoms with Gasteiger partial charge in [-0.15, -0.1) is 5.10 Å². The molecule has 2 fully saturated rings. The van der Waals surface area contributed by atoms with Gasteiger partial charge in [0.1, 0.15) is 30.0 Å². The number of aliphatic hydroxyl groups excluding tert-OH is 3. The molecular weight excluding hydrogens is 542 g/mol. The standard InChI is InChI=1S/C26H35N5O10/c1-16(33)27-22-24(36)23(35)20(15-32)41-26(22)40-13-12-39-11-10-38-9-8-30-14-19(28-29-30)17-2-4-18(5-3-17)25(37)31-7-6-21(31)34/h2-5,14,20,22-24,26,32,35-36H,6-13,15H2,1H3,(H,27,33). The Bertz CT molecular complexity index is 1180. The molecule has 5 atom stereocenters. The van der Waals surface area contributed by atoms with E-state index in [-0.39, 0.29) is 25.0 Å². The maximum atomic E-state index is 12.3. The number of nitrogens with one attached hydrogen (secondary N) is 1. The topological polar surface area (TPSA) is 195 Å². The van der Waals surface area contributed by atoms with Crippen LogP contribution in [0, 0.1) is 0 Å². The van der Waals surface area contributed by atoms with Crippen LogP contribution in [0.3, 0.4) is 0 Å². The smallest absolute Gasteiger partial charge is 0.260 e. The molecule has 15 heteroatoms. The number of hydrogen-bond acceptors (Lipinski definition) is 12. The molecule has 0 bridgehead atoms. The largest absolute Gasteiger partial charge is 0.394 e.